The van der Waals surface area contributed by atoms with Gasteiger partial charge < -0.3 is 20.3 Å². The van der Waals surface area contributed by atoms with Gasteiger partial charge in [-0.15, -0.1) is 0 Å². The number of amides is 2. The van der Waals surface area contributed by atoms with E-state index in [0.29, 0.717) is 12.4 Å². The molecule has 7 heteroatoms. The van der Waals surface area contributed by atoms with Gasteiger partial charge >= 0.3 is 12.0 Å². The Morgan fingerprint density at radius 1 is 1.50 bits per heavy atom. The lowest BCUT2D eigenvalue weighted by Crippen LogP contribution is -2.46. The number of carboxylic acid groups (broad SMARTS) is 1. The lowest BCUT2D eigenvalue weighted by molar-refractivity contribution is -0.137. The second-order valence-electron chi connectivity index (χ2n) is 5.27. The third-order valence-electron chi connectivity index (χ3n) is 3.00. The third kappa shape index (κ3) is 4.91. The van der Waals surface area contributed by atoms with Crippen LogP contribution in [-0.2, 0) is 11.3 Å². The maximum atomic E-state index is 12.0. The van der Waals surface area contributed by atoms with Gasteiger partial charge in [0.1, 0.15) is 5.82 Å². The number of urea groups is 1. The van der Waals surface area contributed by atoms with E-state index in [1.807, 2.05) is 20.8 Å². The lowest BCUT2D eigenvalue weighted by Gasteiger charge is -2.24. The predicted molar refractivity (Wildman–Crippen MR) is 74.2 cm³/mol. The van der Waals surface area contributed by atoms with E-state index in [1.54, 1.807) is 13.2 Å². The molecule has 0 bridgehead atoms. The van der Waals surface area contributed by atoms with Crippen LogP contribution in [0.5, 0.6) is 0 Å². The zero-order valence-electron chi connectivity index (χ0n) is 12.3. The summed E-state index contributed by atoms with van der Waals surface area (Å²) in [6.07, 6.45) is 1.61. The molecule has 1 aromatic rings. The molecule has 0 radical (unpaired) electrons. The first-order valence-electron chi connectivity index (χ1n) is 6.53. The summed E-state index contributed by atoms with van der Waals surface area (Å²) in [5, 5.41) is 11.6. The maximum absolute atomic E-state index is 12.0. The van der Waals surface area contributed by atoms with E-state index in [-0.39, 0.29) is 24.4 Å². The van der Waals surface area contributed by atoms with Crippen LogP contribution in [0.25, 0.3) is 0 Å². The summed E-state index contributed by atoms with van der Waals surface area (Å²) in [5.41, 5.74) is 0.930. The van der Waals surface area contributed by atoms with Gasteiger partial charge in [-0.3, -0.25) is 4.79 Å². The van der Waals surface area contributed by atoms with Crippen LogP contribution in [0.2, 0.25) is 0 Å². The molecule has 3 N–H and O–H groups in total. The van der Waals surface area contributed by atoms with Crippen LogP contribution in [0.15, 0.2) is 6.20 Å². The molecule has 20 heavy (non-hydrogen) atoms. The highest BCUT2D eigenvalue weighted by Gasteiger charge is 2.21. The average Bonchev–Trinajstić information content (AvgIpc) is 2.72. The Kier molecular flexibility index (Phi) is 5.54. The number of hydrogen-bond acceptors (Lipinski definition) is 3. The van der Waals surface area contributed by atoms with Crippen LogP contribution in [0.4, 0.5) is 4.79 Å². The Labute approximate surface area is 118 Å². The fourth-order valence-electron chi connectivity index (χ4n) is 1.75. The van der Waals surface area contributed by atoms with E-state index >= 15 is 0 Å². The largest absolute Gasteiger partial charge is 0.481 e. The van der Waals surface area contributed by atoms with Crippen LogP contribution in [-0.4, -0.2) is 45.1 Å². The van der Waals surface area contributed by atoms with Crippen molar-refractivity contribution in [3.63, 3.8) is 0 Å². The van der Waals surface area contributed by atoms with Crippen molar-refractivity contribution >= 4 is 12.0 Å². The first kappa shape index (κ1) is 16.0. The molecule has 0 spiro atoms. The van der Waals surface area contributed by atoms with E-state index in [4.69, 9.17) is 5.11 Å². The van der Waals surface area contributed by atoms with Crippen LogP contribution >= 0.6 is 0 Å². The van der Waals surface area contributed by atoms with Gasteiger partial charge in [0, 0.05) is 25.0 Å². The first-order valence-corrected chi connectivity index (χ1v) is 6.53. The van der Waals surface area contributed by atoms with Crippen LogP contribution < -0.4 is 5.32 Å². The molecular weight excluding hydrogens is 260 g/mol. The Morgan fingerprint density at radius 3 is 2.60 bits per heavy atom. The van der Waals surface area contributed by atoms with Gasteiger partial charge in [0.15, 0.2) is 0 Å². The second-order valence-corrected chi connectivity index (χ2v) is 5.27. The Balaban J connectivity index is 2.57. The highest BCUT2D eigenvalue weighted by molar-refractivity contribution is 5.75. The number of carbonyl (C=O) groups excluding carboxylic acids is 1. The number of imidazole rings is 1. The van der Waals surface area contributed by atoms with E-state index in [0.717, 1.165) is 5.69 Å². The first-order chi connectivity index (χ1) is 9.29. The van der Waals surface area contributed by atoms with Crippen LogP contribution in [0.3, 0.4) is 0 Å². The summed E-state index contributed by atoms with van der Waals surface area (Å²) >= 11 is 0. The van der Waals surface area contributed by atoms with E-state index in [2.05, 4.69) is 15.3 Å². The van der Waals surface area contributed by atoms with Crippen molar-refractivity contribution in [2.24, 2.45) is 5.92 Å². The van der Waals surface area contributed by atoms with Gasteiger partial charge in [-0.25, -0.2) is 9.78 Å². The average molecular weight is 282 g/mol. The Morgan fingerprint density at radius 2 is 2.15 bits per heavy atom. The topological polar surface area (TPSA) is 98.3 Å². The van der Waals surface area contributed by atoms with Gasteiger partial charge in [0.2, 0.25) is 0 Å². The number of aryl methyl sites for hydroxylation is 1. The predicted octanol–water partition coefficient (Wildman–Crippen LogP) is 1.36. The summed E-state index contributed by atoms with van der Waals surface area (Å²) in [7, 11) is 1.64. The van der Waals surface area contributed by atoms with Gasteiger partial charge in [0.05, 0.1) is 13.0 Å². The van der Waals surface area contributed by atoms with Gasteiger partial charge in [-0.05, 0) is 12.8 Å². The molecule has 0 saturated carbocycles. The molecule has 0 aliphatic heterocycles. The molecular formula is C13H22N4O3. The number of nitrogens with one attached hydrogen (secondary N) is 2. The zero-order valence-corrected chi connectivity index (χ0v) is 12.3. The fraction of sp³-hybridized carbons (Fsp3) is 0.615. The minimum atomic E-state index is -0.923. The molecule has 1 atom stereocenters. The van der Waals surface area contributed by atoms with E-state index in [1.165, 1.54) is 4.90 Å². The normalized spacial score (nSPS) is 12.2. The smallest absolute Gasteiger partial charge is 0.317 e. The molecule has 0 aromatic carbocycles. The molecule has 2 amide bonds. The molecule has 0 fully saturated rings. The minimum absolute atomic E-state index is 0.0503. The number of hydrogen-bond donors (Lipinski definition) is 3. The molecule has 1 heterocycles. The molecule has 1 aromatic heterocycles. The number of aliphatic carboxylic acids is 1. The Bertz CT molecular complexity index is 470. The van der Waals surface area contributed by atoms with Crippen LogP contribution in [0.1, 0.15) is 31.8 Å². The van der Waals surface area contributed by atoms with E-state index in [9.17, 15) is 9.59 Å². The summed E-state index contributed by atoms with van der Waals surface area (Å²) < 4.78 is 0. The van der Waals surface area contributed by atoms with Gasteiger partial charge in [-0.2, -0.15) is 0 Å². The quantitative estimate of drug-likeness (QED) is 0.733. The van der Waals surface area contributed by atoms with Crippen molar-refractivity contribution in [1.29, 1.82) is 0 Å². The van der Waals surface area contributed by atoms with E-state index < -0.39 is 5.97 Å². The number of rotatable bonds is 6. The Hall–Kier alpha value is -2.05. The number of aromatic nitrogens is 2. The van der Waals surface area contributed by atoms with Crippen molar-refractivity contribution in [1.82, 2.24) is 20.2 Å². The summed E-state index contributed by atoms with van der Waals surface area (Å²) in [6, 6.07) is -0.695. The van der Waals surface area contributed by atoms with Gasteiger partial charge in [0.25, 0.3) is 0 Å². The minimum Gasteiger partial charge on any atom is -0.481 e. The molecule has 1 rings (SSSR count). The second kappa shape index (κ2) is 6.93. The number of aromatic amines is 1. The fourth-order valence-corrected chi connectivity index (χ4v) is 1.75. The van der Waals surface area contributed by atoms with Crippen molar-refractivity contribution in [2.75, 3.05) is 7.05 Å². The molecule has 0 aliphatic rings. The summed E-state index contributed by atoms with van der Waals surface area (Å²) in [6.45, 7) is 5.99. The molecule has 0 saturated heterocycles. The zero-order chi connectivity index (χ0) is 15.3. The standard InChI is InChI=1S/C13H22N4O3/c1-8(2)10(5-12(18)19)16-13(20)17(4)7-11-14-6-9(3)15-11/h6,8,10H,5,7H2,1-4H3,(H,14,15)(H,16,20)(H,18,19)/t10-/m0/s1. The molecule has 0 unspecified atom stereocenters. The van der Waals surface area contributed by atoms with Crippen molar-refractivity contribution in [3.8, 4) is 0 Å². The number of carbonyl (C=O) groups is 2. The van der Waals surface area contributed by atoms with Crippen molar-refractivity contribution < 1.29 is 14.7 Å². The SMILES string of the molecule is Cc1cnc(CN(C)C(=O)N[C@@H](CC(=O)O)C(C)C)[nH]1. The molecule has 7 nitrogen and oxygen atoms in total. The highest BCUT2D eigenvalue weighted by Crippen LogP contribution is 2.07. The lowest BCUT2D eigenvalue weighted by atomic mass is 10.0. The molecule has 112 valence electrons. The van der Waals surface area contributed by atoms with Crippen LogP contribution in [0, 0.1) is 12.8 Å². The number of carboxylic acids is 1. The summed E-state index contributed by atoms with van der Waals surface area (Å²) in [4.78, 5) is 31.5. The van der Waals surface area contributed by atoms with Crippen molar-refractivity contribution in [3.05, 3.63) is 17.7 Å². The van der Waals surface area contributed by atoms with Gasteiger partial charge in [-0.1, -0.05) is 13.8 Å². The summed E-state index contributed by atoms with van der Waals surface area (Å²) in [5.74, 6) is -0.179. The maximum Gasteiger partial charge on any atom is 0.317 e. The monoisotopic (exact) mass is 282 g/mol. The molecule has 0 aliphatic carbocycles. The highest BCUT2D eigenvalue weighted by atomic mass is 16.4. The third-order valence-corrected chi connectivity index (χ3v) is 3.00. The number of H-pyrrole nitrogens is 1. The number of nitrogens with zero attached hydrogens (tertiary/aromatic N) is 2. The van der Waals surface area contributed by atoms with Crippen molar-refractivity contribution in [2.45, 2.75) is 39.8 Å².